The van der Waals surface area contributed by atoms with Crippen LogP contribution in [0.15, 0.2) is 30.5 Å². The lowest BCUT2D eigenvalue weighted by Gasteiger charge is -2.34. The van der Waals surface area contributed by atoms with Gasteiger partial charge < -0.3 is 10.0 Å². The zero-order chi connectivity index (χ0) is 18.0. The van der Waals surface area contributed by atoms with Gasteiger partial charge in [0.15, 0.2) is 5.69 Å². The molecular weight excluding hydrogens is 320 g/mol. The maximum atomic E-state index is 12.6. The lowest BCUT2D eigenvalue weighted by Crippen LogP contribution is -2.48. The summed E-state index contributed by atoms with van der Waals surface area (Å²) in [6.45, 7) is 5.62. The van der Waals surface area contributed by atoms with E-state index in [2.05, 4.69) is 29.1 Å². The molecule has 1 amide bonds. The average molecular weight is 342 g/mol. The number of aromatic carboxylic acids is 1. The maximum Gasteiger partial charge on any atom is 0.339 e. The number of piperazine rings is 1. The molecule has 1 aliphatic heterocycles. The monoisotopic (exact) mass is 342 g/mol. The number of amides is 1. The van der Waals surface area contributed by atoms with Crippen molar-refractivity contribution in [3.05, 3.63) is 52.8 Å². The molecule has 7 heteroatoms. The molecule has 7 nitrogen and oxygen atoms in total. The van der Waals surface area contributed by atoms with Gasteiger partial charge in [0.2, 0.25) is 0 Å². The quantitative estimate of drug-likeness (QED) is 0.908. The van der Waals surface area contributed by atoms with Crippen LogP contribution in [-0.4, -0.2) is 62.7 Å². The van der Waals surface area contributed by atoms with Gasteiger partial charge in [-0.25, -0.2) is 4.79 Å². The summed E-state index contributed by atoms with van der Waals surface area (Å²) < 4.78 is 1.37. The summed E-state index contributed by atoms with van der Waals surface area (Å²) in [5.74, 6) is -1.44. The number of hydrogen-bond donors (Lipinski definition) is 1. The fourth-order valence-corrected chi connectivity index (χ4v) is 3.09. The van der Waals surface area contributed by atoms with Crippen LogP contribution in [0.5, 0.6) is 0 Å². The second-order valence-corrected chi connectivity index (χ2v) is 6.37. The third-order valence-corrected chi connectivity index (χ3v) is 4.58. The summed E-state index contributed by atoms with van der Waals surface area (Å²) in [6.07, 6.45) is 1.37. The first-order chi connectivity index (χ1) is 12.0. The van der Waals surface area contributed by atoms with Crippen LogP contribution in [0, 0.1) is 6.92 Å². The summed E-state index contributed by atoms with van der Waals surface area (Å²) in [6, 6.07) is 8.29. The number of hydrogen-bond acceptors (Lipinski definition) is 4. The number of rotatable bonds is 4. The SMILES string of the molecule is Cc1ccccc1CN1CCN(C(=O)c2nn(C)cc2C(=O)O)CC1. The zero-order valence-electron chi connectivity index (χ0n) is 14.5. The van der Waals surface area contributed by atoms with Gasteiger partial charge in [0.1, 0.15) is 5.56 Å². The first-order valence-corrected chi connectivity index (χ1v) is 8.29. The highest BCUT2D eigenvalue weighted by Gasteiger charge is 2.28. The van der Waals surface area contributed by atoms with Gasteiger partial charge in [-0.15, -0.1) is 0 Å². The molecule has 132 valence electrons. The van der Waals surface area contributed by atoms with Crippen LogP contribution in [0.3, 0.4) is 0 Å². The highest BCUT2D eigenvalue weighted by Crippen LogP contribution is 2.15. The maximum absolute atomic E-state index is 12.6. The van der Waals surface area contributed by atoms with Crippen molar-refractivity contribution in [1.82, 2.24) is 19.6 Å². The summed E-state index contributed by atoms with van der Waals surface area (Å²) in [7, 11) is 1.61. The number of carboxylic acids is 1. The molecule has 0 saturated carbocycles. The zero-order valence-corrected chi connectivity index (χ0v) is 14.5. The average Bonchev–Trinajstić information content (AvgIpc) is 2.99. The number of carbonyl (C=O) groups is 2. The fourth-order valence-electron chi connectivity index (χ4n) is 3.09. The Bertz CT molecular complexity index is 791. The molecule has 0 radical (unpaired) electrons. The Balaban J connectivity index is 1.63. The van der Waals surface area contributed by atoms with E-state index in [1.807, 2.05) is 12.1 Å². The van der Waals surface area contributed by atoms with Crippen molar-refractivity contribution >= 4 is 11.9 Å². The molecule has 1 aromatic heterocycles. The minimum Gasteiger partial charge on any atom is -0.478 e. The first kappa shape index (κ1) is 17.2. The number of carboxylic acid groups (broad SMARTS) is 1. The Morgan fingerprint density at radius 2 is 1.84 bits per heavy atom. The van der Waals surface area contributed by atoms with Crippen molar-refractivity contribution in [1.29, 1.82) is 0 Å². The van der Waals surface area contributed by atoms with Crippen LogP contribution in [0.4, 0.5) is 0 Å². The smallest absolute Gasteiger partial charge is 0.339 e. The van der Waals surface area contributed by atoms with Crippen molar-refractivity contribution in [3.63, 3.8) is 0 Å². The van der Waals surface area contributed by atoms with E-state index in [1.165, 1.54) is 22.0 Å². The van der Waals surface area contributed by atoms with Crippen molar-refractivity contribution < 1.29 is 14.7 Å². The van der Waals surface area contributed by atoms with E-state index in [4.69, 9.17) is 0 Å². The van der Waals surface area contributed by atoms with Gasteiger partial charge >= 0.3 is 5.97 Å². The van der Waals surface area contributed by atoms with Gasteiger partial charge in [0.05, 0.1) is 0 Å². The molecule has 1 fully saturated rings. The van der Waals surface area contributed by atoms with Gasteiger partial charge in [0, 0.05) is 46.0 Å². The highest BCUT2D eigenvalue weighted by molar-refractivity contribution is 6.03. The highest BCUT2D eigenvalue weighted by atomic mass is 16.4. The van der Waals surface area contributed by atoms with Crippen LogP contribution in [0.25, 0.3) is 0 Å². The van der Waals surface area contributed by atoms with E-state index in [0.29, 0.717) is 13.1 Å². The summed E-state index contributed by atoms with van der Waals surface area (Å²) >= 11 is 0. The normalized spacial score (nSPS) is 15.4. The molecule has 3 rings (SSSR count). The summed E-state index contributed by atoms with van der Waals surface area (Å²) in [4.78, 5) is 27.9. The van der Waals surface area contributed by atoms with E-state index in [9.17, 15) is 14.7 Å². The first-order valence-electron chi connectivity index (χ1n) is 8.29. The molecule has 0 atom stereocenters. The molecule has 0 unspecified atom stereocenters. The molecule has 0 aliphatic carbocycles. The predicted molar refractivity (Wildman–Crippen MR) is 92.5 cm³/mol. The molecule has 1 N–H and O–H groups in total. The van der Waals surface area contributed by atoms with Gasteiger partial charge in [-0.3, -0.25) is 14.4 Å². The number of carbonyl (C=O) groups excluding carboxylic acids is 1. The Kier molecular flexibility index (Phi) is 4.85. The number of aryl methyl sites for hydroxylation is 2. The second-order valence-electron chi connectivity index (χ2n) is 6.37. The fraction of sp³-hybridized carbons (Fsp3) is 0.389. The van der Waals surface area contributed by atoms with Crippen LogP contribution < -0.4 is 0 Å². The van der Waals surface area contributed by atoms with Gasteiger partial charge in [-0.05, 0) is 18.1 Å². The molecular formula is C18H22N4O3. The molecule has 2 aromatic rings. The second kappa shape index (κ2) is 7.06. The van der Waals surface area contributed by atoms with Crippen molar-refractivity contribution in [2.24, 2.45) is 7.05 Å². The van der Waals surface area contributed by atoms with E-state index in [0.717, 1.165) is 19.6 Å². The minimum absolute atomic E-state index is 0.0161. The van der Waals surface area contributed by atoms with E-state index in [1.54, 1.807) is 11.9 Å². The molecule has 2 heterocycles. The van der Waals surface area contributed by atoms with Crippen molar-refractivity contribution in [2.45, 2.75) is 13.5 Å². The van der Waals surface area contributed by atoms with Crippen LogP contribution in [-0.2, 0) is 13.6 Å². The molecule has 0 spiro atoms. The molecule has 25 heavy (non-hydrogen) atoms. The predicted octanol–water partition coefficient (Wildman–Crippen LogP) is 1.38. The Labute approximate surface area is 146 Å². The topological polar surface area (TPSA) is 78.7 Å². The number of nitrogens with zero attached hydrogens (tertiary/aromatic N) is 4. The lowest BCUT2D eigenvalue weighted by molar-refractivity contribution is 0.0603. The van der Waals surface area contributed by atoms with Crippen LogP contribution >= 0.6 is 0 Å². The number of benzene rings is 1. The molecule has 1 aliphatic rings. The lowest BCUT2D eigenvalue weighted by atomic mass is 10.1. The van der Waals surface area contributed by atoms with Crippen LogP contribution in [0.1, 0.15) is 32.0 Å². The molecule has 0 bridgehead atoms. The molecule has 1 saturated heterocycles. The van der Waals surface area contributed by atoms with Gasteiger partial charge in [0.25, 0.3) is 5.91 Å². The third-order valence-electron chi connectivity index (χ3n) is 4.58. The van der Waals surface area contributed by atoms with Crippen molar-refractivity contribution in [3.8, 4) is 0 Å². The van der Waals surface area contributed by atoms with E-state index in [-0.39, 0.29) is 17.2 Å². The molecule has 1 aromatic carbocycles. The summed E-state index contributed by atoms with van der Waals surface area (Å²) in [5.41, 5.74) is 2.53. The van der Waals surface area contributed by atoms with E-state index < -0.39 is 5.97 Å². The third kappa shape index (κ3) is 3.71. The standard InChI is InChI=1S/C18H22N4O3/c1-13-5-3-4-6-14(13)11-21-7-9-22(10-8-21)17(23)16-15(18(24)25)12-20(2)19-16/h3-6,12H,7-11H2,1-2H3,(H,24,25). The number of aromatic nitrogens is 2. The Morgan fingerprint density at radius 1 is 1.16 bits per heavy atom. The van der Waals surface area contributed by atoms with Crippen molar-refractivity contribution in [2.75, 3.05) is 26.2 Å². The van der Waals surface area contributed by atoms with Gasteiger partial charge in [-0.1, -0.05) is 24.3 Å². The summed E-state index contributed by atoms with van der Waals surface area (Å²) in [5, 5.41) is 13.3. The largest absolute Gasteiger partial charge is 0.478 e. The van der Waals surface area contributed by atoms with Gasteiger partial charge in [-0.2, -0.15) is 5.10 Å². The Morgan fingerprint density at radius 3 is 2.48 bits per heavy atom. The van der Waals surface area contributed by atoms with Crippen LogP contribution in [0.2, 0.25) is 0 Å². The Hall–Kier alpha value is -2.67. The minimum atomic E-state index is -1.13. The van der Waals surface area contributed by atoms with E-state index >= 15 is 0 Å².